The van der Waals surface area contributed by atoms with E-state index in [0.29, 0.717) is 5.92 Å². The summed E-state index contributed by atoms with van der Waals surface area (Å²) in [5.41, 5.74) is -0.420. The van der Waals surface area contributed by atoms with Gasteiger partial charge in [0.1, 0.15) is 17.8 Å². The van der Waals surface area contributed by atoms with E-state index in [2.05, 4.69) is 16.0 Å². The summed E-state index contributed by atoms with van der Waals surface area (Å²) in [6.07, 6.45) is -1.82. The normalized spacial score (nSPS) is 11.5. The van der Waals surface area contributed by atoms with Crippen molar-refractivity contribution >= 4 is 18.3 Å². The van der Waals surface area contributed by atoms with Crippen LogP contribution in [0.1, 0.15) is 47.1 Å². The van der Waals surface area contributed by atoms with Crippen molar-refractivity contribution in [2.75, 3.05) is 19.6 Å². The Labute approximate surface area is 184 Å². The molecule has 9 heteroatoms. The van der Waals surface area contributed by atoms with Gasteiger partial charge in [0.2, 0.25) is 0 Å². The highest BCUT2D eigenvalue weighted by atomic mass is 16.6. The highest BCUT2D eigenvalue weighted by Gasteiger charge is 2.21. The Kier molecular flexibility index (Phi) is 10.1. The third-order valence-electron chi connectivity index (χ3n) is 3.46. The largest absolute Gasteiger partial charge is 0.445 e. The van der Waals surface area contributed by atoms with E-state index in [1.807, 2.05) is 30.3 Å². The smallest absolute Gasteiger partial charge is 0.407 e. The molecule has 0 atom stereocenters. The Morgan fingerprint density at radius 3 is 1.55 bits per heavy atom. The number of hydrogen-bond donors (Lipinski definition) is 3. The Morgan fingerprint density at radius 2 is 1.13 bits per heavy atom. The molecular formula is C22H34N3O6. The van der Waals surface area contributed by atoms with Gasteiger partial charge in [-0.2, -0.15) is 0 Å². The van der Waals surface area contributed by atoms with Crippen LogP contribution in [0.4, 0.5) is 14.4 Å². The monoisotopic (exact) mass is 436 g/mol. The molecule has 0 fully saturated rings. The Bertz CT molecular complexity index is 678. The van der Waals surface area contributed by atoms with Gasteiger partial charge in [-0.05, 0) is 47.1 Å². The third kappa shape index (κ3) is 13.8. The summed E-state index contributed by atoms with van der Waals surface area (Å²) >= 11 is 0. The summed E-state index contributed by atoms with van der Waals surface area (Å²) < 4.78 is 15.6. The first kappa shape index (κ1) is 26.1. The van der Waals surface area contributed by atoms with Crippen LogP contribution in [0.15, 0.2) is 30.3 Å². The first-order chi connectivity index (χ1) is 14.3. The number of carbonyl (C=O) groups excluding carboxylic acids is 3. The Morgan fingerprint density at radius 1 is 0.710 bits per heavy atom. The van der Waals surface area contributed by atoms with Gasteiger partial charge in [-0.15, -0.1) is 0 Å². The standard InChI is InChI=1S/C22H34N3O6/c1-21(2,3)30-19(27)24-13-17(14-25-20(28)31-22(4,5)6)12-23-18(26)29-15-16-10-8-7-9-11-16/h7-11H,12-15H2,1-6H3,(H,23,26)(H,24,27)(H,25,28). The van der Waals surface area contributed by atoms with Crippen molar-refractivity contribution in [1.82, 2.24) is 16.0 Å². The van der Waals surface area contributed by atoms with Gasteiger partial charge in [0.25, 0.3) is 0 Å². The van der Waals surface area contributed by atoms with Crippen molar-refractivity contribution in [3.05, 3.63) is 41.8 Å². The van der Waals surface area contributed by atoms with Crippen molar-refractivity contribution in [2.45, 2.75) is 59.4 Å². The van der Waals surface area contributed by atoms with Crippen LogP contribution in [0.5, 0.6) is 0 Å². The average molecular weight is 437 g/mol. The molecule has 0 aliphatic carbocycles. The summed E-state index contributed by atoms with van der Waals surface area (Å²) in [4.78, 5) is 35.8. The topological polar surface area (TPSA) is 115 Å². The summed E-state index contributed by atoms with van der Waals surface area (Å²) in [7, 11) is 0. The summed E-state index contributed by atoms with van der Waals surface area (Å²) in [5, 5.41) is 7.84. The summed E-state index contributed by atoms with van der Waals surface area (Å²) in [6.45, 7) is 10.9. The maximum absolute atomic E-state index is 12.0. The number of nitrogens with one attached hydrogen (secondary N) is 3. The zero-order valence-corrected chi connectivity index (χ0v) is 19.2. The molecule has 3 amide bonds. The van der Waals surface area contributed by atoms with E-state index < -0.39 is 29.5 Å². The number of amides is 3. The van der Waals surface area contributed by atoms with Crippen LogP contribution in [-0.2, 0) is 20.8 Å². The molecule has 31 heavy (non-hydrogen) atoms. The van der Waals surface area contributed by atoms with Gasteiger partial charge in [0, 0.05) is 25.6 Å². The predicted octanol–water partition coefficient (Wildman–Crippen LogP) is 3.54. The number of carbonyl (C=O) groups is 3. The van der Waals surface area contributed by atoms with Gasteiger partial charge in [-0.25, -0.2) is 14.4 Å². The van der Waals surface area contributed by atoms with Gasteiger partial charge in [-0.1, -0.05) is 30.3 Å². The number of rotatable bonds is 8. The first-order valence-corrected chi connectivity index (χ1v) is 10.1. The van der Waals surface area contributed by atoms with E-state index in [1.165, 1.54) is 0 Å². The van der Waals surface area contributed by atoms with Gasteiger partial charge >= 0.3 is 18.3 Å². The molecule has 0 saturated carbocycles. The molecule has 1 aromatic carbocycles. The lowest BCUT2D eigenvalue weighted by Crippen LogP contribution is -2.43. The van der Waals surface area contributed by atoms with Gasteiger partial charge in [0.05, 0.1) is 0 Å². The maximum Gasteiger partial charge on any atom is 0.407 e. The van der Waals surface area contributed by atoms with Crippen molar-refractivity contribution in [2.24, 2.45) is 0 Å². The van der Waals surface area contributed by atoms with Gasteiger partial charge in [0.15, 0.2) is 0 Å². The van der Waals surface area contributed by atoms with Crippen molar-refractivity contribution in [3.63, 3.8) is 0 Å². The molecule has 173 valence electrons. The molecule has 0 bridgehead atoms. The van der Waals surface area contributed by atoms with Crippen LogP contribution in [0.2, 0.25) is 0 Å². The van der Waals surface area contributed by atoms with E-state index in [9.17, 15) is 14.4 Å². The van der Waals surface area contributed by atoms with E-state index in [1.54, 1.807) is 41.5 Å². The second-order valence-corrected chi connectivity index (χ2v) is 8.88. The number of alkyl carbamates (subject to hydrolysis) is 3. The second-order valence-electron chi connectivity index (χ2n) is 8.88. The molecular weight excluding hydrogens is 402 g/mol. The highest BCUT2D eigenvalue weighted by molar-refractivity contribution is 5.69. The molecule has 0 heterocycles. The second kappa shape index (κ2) is 12.0. The zero-order chi connectivity index (χ0) is 23.5. The zero-order valence-electron chi connectivity index (χ0n) is 19.2. The number of hydrogen-bond acceptors (Lipinski definition) is 6. The minimum absolute atomic E-state index is 0.0826. The predicted molar refractivity (Wildman–Crippen MR) is 116 cm³/mol. The lowest BCUT2D eigenvalue weighted by atomic mass is 10.1. The fraction of sp³-hybridized carbons (Fsp3) is 0.545. The molecule has 1 radical (unpaired) electrons. The fourth-order valence-corrected chi connectivity index (χ4v) is 2.18. The van der Waals surface area contributed by atoms with Crippen LogP contribution in [-0.4, -0.2) is 49.1 Å². The molecule has 3 N–H and O–H groups in total. The van der Waals surface area contributed by atoms with Gasteiger partial charge < -0.3 is 30.2 Å². The van der Waals surface area contributed by atoms with Crippen molar-refractivity contribution in [3.8, 4) is 0 Å². The maximum atomic E-state index is 12.0. The average Bonchev–Trinajstić information content (AvgIpc) is 2.63. The lowest BCUT2D eigenvalue weighted by molar-refractivity contribution is 0.0529. The van der Waals surface area contributed by atoms with E-state index in [-0.39, 0.29) is 26.2 Å². The minimum atomic E-state index is -0.640. The summed E-state index contributed by atoms with van der Waals surface area (Å²) in [6, 6.07) is 9.28. The van der Waals surface area contributed by atoms with E-state index >= 15 is 0 Å². The van der Waals surface area contributed by atoms with E-state index in [4.69, 9.17) is 14.2 Å². The molecule has 0 aromatic heterocycles. The van der Waals surface area contributed by atoms with Crippen LogP contribution in [0.25, 0.3) is 0 Å². The Balaban J connectivity index is 2.54. The first-order valence-electron chi connectivity index (χ1n) is 10.1. The van der Waals surface area contributed by atoms with Crippen molar-refractivity contribution < 1.29 is 28.6 Å². The molecule has 0 aliphatic rings. The quantitative estimate of drug-likeness (QED) is 0.537. The van der Waals surface area contributed by atoms with Crippen LogP contribution >= 0.6 is 0 Å². The van der Waals surface area contributed by atoms with Crippen LogP contribution in [0, 0.1) is 5.92 Å². The number of ether oxygens (including phenoxy) is 3. The van der Waals surface area contributed by atoms with E-state index in [0.717, 1.165) is 5.56 Å². The molecule has 1 rings (SSSR count). The lowest BCUT2D eigenvalue weighted by Gasteiger charge is -2.23. The molecule has 9 nitrogen and oxygen atoms in total. The third-order valence-corrected chi connectivity index (χ3v) is 3.46. The Hall–Kier alpha value is -2.97. The number of benzene rings is 1. The van der Waals surface area contributed by atoms with Crippen LogP contribution < -0.4 is 16.0 Å². The fourth-order valence-electron chi connectivity index (χ4n) is 2.18. The minimum Gasteiger partial charge on any atom is -0.445 e. The SMILES string of the molecule is CC(C)(C)OC(=O)NC[C](CNC(=O)OCc1ccccc1)CNC(=O)OC(C)(C)C. The molecule has 0 aliphatic heterocycles. The molecule has 1 aromatic rings. The van der Waals surface area contributed by atoms with Gasteiger partial charge in [-0.3, -0.25) is 0 Å². The van der Waals surface area contributed by atoms with Crippen molar-refractivity contribution in [1.29, 1.82) is 0 Å². The molecule has 0 saturated heterocycles. The summed E-state index contributed by atoms with van der Waals surface area (Å²) in [5.74, 6) is 0.619. The van der Waals surface area contributed by atoms with Crippen LogP contribution in [0.3, 0.4) is 0 Å². The molecule has 0 unspecified atom stereocenters. The highest BCUT2D eigenvalue weighted by Crippen LogP contribution is 2.08. The molecule has 0 spiro atoms.